The molecule has 0 aliphatic heterocycles. The number of ether oxygens (including phenoxy) is 1. The highest BCUT2D eigenvalue weighted by Crippen LogP contribution is 2.12. The van der Waals surface area contributed by atoms with E-state index in [9.17, 15) is 22.4 Å². The van der Waals surface area contributed by atoms with E-state index in [0.717, 1.165) is 17.9 Å². The molecular weight excluding hydrogens is 387 g/mol. The fourth-order valence-corrected chi connectivity index (χ4v) is 2.75. The Kier molecular flexibility index (Phi) is 7.24. The second-order valence-electron chi connectivity index (χ2n) is 6.16. The van der Waals surface area contributed by atoms with Gasteiger partial charge in [0, 0.05) is 12.2 Å². The molecule has 0 aliphatic carbocycles. The Morgan fingerprint density at radius 3 is 2.43 bits per heavy atom. The van der Waals surface area contributed by atoms with Crippen molar-refractivity contribution in [2.75, 3.05) is 18.1 Å². The van der Waals surface area contributed by atoms with Crippen molar-refractivity contribution in [2.24, 2.45) is 0 Å². The van der Waals surface area contributed by atoms with Crippen LogP contribution in [0.4, 0.5) is 10.1 Å². The number of amides is 1. The number of sulfonamides is 1. The summed E-state index contributed by atoms with van der Waals surface area (Å²) in [6.07, 6.45) is 0.474. The van der Waals surface area contributed by atoms with Crippen LogP contribution >= 0.6 is 0 Å². The summed E-state index contributed by atoms with van der Waals surface area (Å²) in [5, 5.41) is 2.47. The second-order valence-corrected chi connectivity index (χ2v) is 7.99. The lowest BCUT2D eigenvalue weighted by Gasteiger charge is -2.14. The Hall–Kier alpha value is -2.78. The van der Waals surface area contributed by atoms with Crippen molar-refractivity contribution in [1.29, 1.82) is 0 Å². The van der Waals surface area contributed by atoms with E-state index in [1.807, 2.05) is 0 Å². The van der Waals surface area contributed by atoms with Gasteiger partial charge >= 0.3 is 5.97 Å². The summed E-state index contributed by atoms with van der Waals surface area (Å²) in [6.45, 7) is 1.66. The Labute approximate surface area is 163 Å². The molecule has 2 aromatic carbocycles. The fourth-order valence-electron chi connectivity index (χ4n) is 2.28. The zero-order valence-electron chi connectivity index (χ0n) is 15.4. The lowest BCUT2D eigenvalue weighted by Crippen LogP contribution is -2.30. The predicted octanol–water partition coefficient (Wildman–Crippen LogP) is 2.10. The average molecular weight is 408 g/mol. The van der Waals surface area contributed by atoms with Gasteiger partial charge in [-0.1, -0.05) is 18.2 Å². The Morgan fingerprint density at radius 2 is 1.82 bits per heavy atom. The molecule has 2 rings (SSSR count). The smallest absolute Gasteiger partial charge is 0.338 e. The lowest BCUT2D eigenvalue weighted by molar-refractivity contribution is -0.123. The number of hydrogen-bond acceptors (Lipinski definition) is 5. The normalized spacial score (nSPS) is 12.2. The molecule has 0 saturated heterocycles. The second kappa shape index (κ2) is 9.43. The highest BCUT2D eigenvalue weighted by Gasteiger charge is 2.19. The Bertz CT molecular complexity index is 945. The number of benzene rings is 2. The van der Waals surface area contributed by atoms with Crippen LogP contribution in [0.2, 0.25) is 0 Å². The average Bonchev–Trinajstić information content (AvgIpc) is 2.61. The van der Waals surface area contributed by atoms with Gasteiger partial charge in [-0.2, -0.15) is 0 Å². The van der Waals surface area contributed by atoms with Crippen LogP contribution < -0.4 is 10.0 Å². The first-order valence-electron chi connectivity index (χ1n) is 8.45. The summed E-state index contributed by atoms with van der Waals surface area (Å²) in [5.74, 6) is -1.75. The Balaban J connectivity index is 1.88. The van der Waals surface area contributed by atoms with Crippen LogP contribution in [-0.4, -0.2) is 39.2 Å². The number of carbonyl (C=O) groups is 2. The minimum absolute atomic E-state index is 0.250. The third kappa shape index (κ3) is 7.09. The van der Waals surface area contributed by atoms with E-state index in [2.05, 4.69) is 10.0 Å². The monoisotopic (exact) mass is 408 g/mol. The zero-order valence-corrected chi connectivity index (χ0v) is 16.3. The van der Waals surface area contributed by atoms with Crippen LogP contribution in [0.1, 0.15) is 22.8 Å². The van der Waals surface area contributed by atoms with Gasteiger partial charge in [0.15, 0.2) is 6.10 Å². The molecule has 28 heavy (non-hydrogen) atoms. The summed E-state index contributed by atoms with van der Waals surface area (Å²) in [6, 6.07) is 11.8. The van der Waals surface area contributed by atoms with Crippen molar-refractivity contribution in [2.45, 2.75) is 19.4 Å². The summed E-state index contributed by atoms with van der Waals surface area (Å²) in [4.78, 5) is 24.2. The van der Waals surface area contributed by atoms with Crippen LogP contribution in [0.3, 0.4) is 0 Å². The number of rotatable bonds is 8. The Morgan fingerprint density at radius 1 is 1.14 bits per heavy atom. The maximum absolute atomic E-state index is 13.1. The van der Waals surface area contributed by atoms with Gasteiger partial charge in [-0.3, -0.25) is 4.79 Å². The van der Waals surface area contributed by atoms with Crippen molar-refractivity contribution in [3.63, 3.8) is 0 Å². The minimum Gasteiger partial charge on any atom is -0.449 e. The minimum atomic E-state index is -3.25. The van der Waals surface area contributed by atoms with Crippen LogP contribution in [0, 0.1) is 5.82 Å². The maximum atomic E-state index is 13.1. The maximum Gasteiger partial charge on any atom is 0.338 e. The van der Waals surface area contributed by atoms with Crippen molar-refractivity contribution in [3.8, 4) is 0 Å². The molecule has 0 radical (unpaired) electrons. The number of halogens is 1. The lowest BCUT2D eigenvalue weighted by atomic mass is 10.1. The number of hydrogen-bond donors (Lipinski definition) is 2. The van der Waals surface area contributed by atoms with E-state index in [1.165, 1.54) is 37.3 Å². The van der Waals surface area contributed by atoms with E-state index in [1.54, 1.807) is 12.1 Å². The molecule has 7 nitrogen and oxygen atoms in total. The van der Waals surface area contributed by atoms with Gasteiger partial charge in [-0.05, 0) is 49.2 Å². The molecule has 1 atom stereocenters. The van der Waals surface area contributed by atoms with E-state index in [-0.39, 0.29) is 17.8 Å². The standard InChI is InChI=1S/C19H21FN2O5S/c1-13(18(23)22-17-5-3-4-16(20)12-17)27-19(24)15-8-6-14(7-9-15)10-11-21-28(2,25)26/h3-9,12-13,21H,10-11H2,1-2H3,(H,22,23). The van der Waals surface area contributed by atoms with Gasteiger partial charge in [0.25, 0.3) is 5.91 Å². The molecule has 1 unspecified atom stereocenters. The molecule has 0 fully saturated rings. The molecule has 0 heterocycles. The molecule has 1 amide bonds. The molecule has 0 aliphatic rings. The summed E-state index contributed by atoms with van der Waals surface area (Å²) in [5.41, 5.74) is 1.36. The largest absolute Gasteiger partial charge is 0.449 e. The highest BCUT2D eigenvalue weighted by molar-refractivity contribution is 7.88. The van der Waals surface area contributed by atoms with Crippen molar-refractivity contribution < 1.29 is 27.1 Å². The predicted molar refractivity (Wildman–Crippen MR) is 103 cm³/mol. The summed E-state index contributed by atoms with van der Waals surface area (Å²) >= 11 is 0. The topological polar surface area (TPSA) is 102 Å². The first-order valence-corrected chi connectivity index (χ1v) is 10.3. The SMILES string of the molecule is CC(OC(=O)c1ccc(CCNS(C)(=O)=O)cc1)C(=O)Nc1cccc(F)c1. The first kappa shape index (κ1) is 21.5. The van der Waals surface area contributed by atoms with Crippen molar-refractivity contribution >= 4 is 27.6 Å². The third-order valence-corrected chi connectivity index (χ3v) is 4.44. The summed E-state index contributed by atoms with van der Waals surface area (Å²) < 4.78 is 42.7. The number of nitrogens with one attached hydrogen (secondary N) is 2. The van der Waals surface area contributed by atoms with E-state index in [4.69, 9.17) is 4.74 Å². The first-order chi connectivity index (χ1) is 13.1. The van der Waals surface area contributed by atoms with Gasteiger partial charge in [0.2, 0.25) is 10.0 Å². The highest BCUT2D eigenvalue weighted by atomic mass is 32.2. The molecule has 2 N–H and O–H groups in total. The number of anilines is 1. The summed E-state index contributed by atoms with van der Waals surface area (Å²) in [7, 11) is -3.25. The molecule has 0 aromatic heterocycles. The van der Waals surface area contributed by atoms with Gasteiger partial charge in [0.1, 0.15) is 5.82 Å². The number of carbonyl (C=O) groups excluding carboxylic acids is 2. The fraction of sp³-hybridized carbons (Fsp3) is 0.263. The molecule has 0 saturated carbocycles. The van der Waals surface area contributed by atoms with Crippen molar-refractivity contribution in [1.82, 2.24) is 4.72 Å². The van der Waals surface area contributed by atoms with Crippen LogP contribution in [-0.2, 0) is 26.0 Å². The van der Waals surface area contributed by atoms with Gasteiger partial charge < -0.3 is 10.1 Å². The molecule has 150 valence electrons. The quantitative estimate of drug-likeness (QED) is 0.652. The van der Waals surface area contributed by atoms with Crippen molar-refractivity contribution in [3.05, 3.63) is 65.5 Å². The van der Waals surface area contributed by atoms with Gasteiger partial charge in [-0.15, -0.1) is 0 Å². The molecule has 9 heteroatoms. The van der Waals surface area contributed by atoms with E-state index < -0.39 is 33.8 Å². The zero-order chi connectivity index (χ0) is 20.7. The van der Waals surface area contributed by atoms with E-state index >= 15 is 0 Å². The van der Waals surface area contributed by atoms with E-state index in [0.29, 0.717) is 6.42 Å². The van der Waals surface area contributed by atoms with Gasteiger partial charge in [-0.25, -0.2) is 22.3 Å². The van der Waals surface area contributed by atoms with Crippen LogP contribution in [0.5, 0.6) is 0 Å². The molecule has 0 bridgehead atoms. The third-order valence-electron chi connectivity index (χ3n) is 3.71. The van der Waals surface area contributed by atoms with Crippen LogP contribution in [0.25, 0.3) is 0 Å². The molecule has 2 aromatic rings. The molecular formula is C19H21FN2O5S. The van der Waals surface area contributed by atoms with Crippen LogP contribution in [0.15, 0.2) is 48.5 Å². The number of esters is 1. The van der Waals surface area contributed by atoms with Gasteiger partial charge in [0.05, 0.1) is 11.8 Å². The molecule has 0 spiro atoms.